The van der Waals surface area contributed by atoms with Crippen LogP contribution in [0.5, 0.6) is 0 Å². The van der Waals surface area contributed by atoms with Gasteiger partial charge in [-0.1, -0.05) is 39.0 Å². The third-order valence-corrected chi connectivity index (χ3v) is 4.06. The number of aromatic nitrogens is 4. The molecule has 0 amide bonds. The van der Waals surface area contributed by atoms with Gasteiger partial charge in [-0.25, -0.2) is 4.98 Å². The lowest BCUT2D eigenvalue weighted by Gasteiger charge is -2.08. The van der Waals surface area contributed by atoms with Crippen LogP contribution < -0.4 is 0 Å². The molecule has 2 aromatic rings. The average molecular weight is 297 g/mol. The van der Waals surface area contributed by atoms with E-state index in [4.69, 9.17) is 11.6 Å². The Balaban J connectivity index is 2.04. The minimum atomic E-state index is 0.462. The summed E-state index contributed by atoms with van der Waals surface area (Å²) in [6.45, 7) is 5.24. The lowest BCUT2D eigenvalue weighted by atomic mass is 10.1. The van der Waals surface area contributed by atoms with E-state index in [1.165, 1.54) is 38.5 Å². The van der Waals surface area contributed by atoms with Crippen LogP contribution in [0.2, 0.25) is 0 Å². The van der Waals surface area contributed by atoms with Gasteiger partial charge in [0.05, 0.1) is 11.6 Å². The summed E-state index contributed by atoms with van der Waals surface area (Å²) in [6.07, 6.45) is 7.78. The van der Waals surface area contributed by atoms with E-state index in [9.17, 15) is 0 Å². The molecule has 0 fully saturated rings. The van der Waals surface area contributed by atoms with Crippen molar-refractivity contribution in [1.82, 2.24) is 19.3 Å². The lowest BCUT2D eigenvalue weighted by Crippen LogP contribution is -2.06. The fraction of sp³-hybridized carbons (Fsp3) is 0.733. The van der Waals surface area contributed by atoms with Crippen molar-refractivity contribution < 1.29 is 0 Å². The Labute approximate surface area is 126 Å². The second kappa shape index (κ2) is 7.11. The highest BCUT2D eigenvalue weighted by Crippen LogP contribution is 2.21. The molecule has 0 saturated carbocycles. The van der Waals surface area contributed by atoms with Gasteiger partial charge < -0.3 is 4.57 Å². The van der Waals surface area contributed by atoms with Gasteiger partial charge in [-0.05, 0) is 13.3 Å². The summed E-state index contributed by atoms with van der Waals surface area (Å²) in [4.78, 5) is 4.63. The number of aryl methyl sites for hydroxylation is 3. The Morgan fingerprint density at radius 2 is 1.80 bits per heavy atom. The van der Waals surface area contributed by atoms with Crippen LogP contribution in [-0.4, -0.2) is 19.3 Å². The highest BCUT2D eigenvalue weighted by Gasteiger charge is 2.16. The van der Waals surface area contributed by atoms with Crippen molar-refractivity contribution in [2.24, 2.45) is 7.05 Å². The van der Waals surface area contributed by atoms with Crippen LogP contribution in [-0.2, 0) is 19.5 Å². The highest BCUT2D eigenvalue weighted by molar-refractivity contribution is 6.16. The molecule has 20 heavy (non-hydrogen) atoms. The van der Waals surface area contributed by atoms with Gasteiger partial charge in [0, 0.05) is 13.6 Å². The molecule has 0 aliphatic carbocycles. The molecular formula is C15H25ClN4. The molecule has 0 spiro atoms. The van der Waals surface area contributed by atoms with Crippen molar-refractivity contribution in [3.63, 3.8) is 0 Å². The number of fused-ring (bicyclic) bond motifs is 1. The first kappa shape index (κ1) is 15.4. The fourth-order valence-electron chi connectivity index (χ4n) is 2.77. The summed E-state index contributed by atoms with van der Waals surface area (Å²) in [6, 6.07) is 0. The largest absolute Gasteiger partial charge is 0.312 e. The Bertz CT molecular complexity index is 556. The number of hydrogen-bond donors (Lipinski definition) is 0. The second-order valence-corrected chi connectivity index (χ2v) is 5.73. The molecule has 5 heteroatoms. The summed E-state index contributed by atoms with van der Waals surface area (Å²) in [7, 11) is 1.98. The van der Waals surface area contributed by atoms with Crippen molar-refractivity contribution in [3.8, 4) is 0 Å². The number of rotatable bonds is 8. The van der Waals surface area contributed by atoms with E-state index in [0.29, 0.717) is 5.88 Å². The summed E-state index contributed by atoms with van der Waals surface area (Å²) in [5.74, 6) is 1.43. The zero-order valence-corrected chi connectivity index (χ0v) is 13.6. The maximum absolute atomic E-state index is 6.03. The molecule has 112 valence electrons. The molecule has 4 nitrogen and oxygen atoms in total. The van der Waals surface area contributed by atoms with Gasteiger partial charge in [-0.15, -0.1) is 11.6 Å². The zero-order chi connectivity index (χ0) is 14.5. The number of unbranched alkanes of at least 4 members (excludes halogenated alkanes) is 5. The second-order valence-electron chi connectivity index (χ2n) is 5.46. The smallest absolute Gasteiger partial charge is 0.158 e. The van der Waals surface area contributed by atoms with E-state index in [1.54, 1.807) is 0 Å². The average Bonchev–Trinajstić information content (AvgIpc) is 2.93. The number of alkyl halides is 1. The summed E-state index contributed by atoms with van der Waals surface area (Å²) in [5.41, 5.74) is 3.08. The predicted molar refractivity (Wildman–Crippen MR) is 84.2 cm³/mol. The maximum Gasteiger partial charge on any atom is 0.158 e. The molecule has 0 aromatic carbocycles. The van der Waals surface area contributed by atoms with E-state index in [0.717, 1.165) is 29.2 Å². The molecule has 0 radical (unpaired) electrons. The van der Waals surface area contributed by atoms with Crippen LogP contribution in [0.4, 0.5) is 0 Å². The van der Waals surface area contributed by atoms with Crippen LogP contribution in [0.15, 0.2) is 0 Å². The zero-order valence-electron chi connectivity index (χ0n) is 12.8. The maximum atomic E-state index is 6.03. The van der Waals surface area contributed by atoms with Crippen LogP contribution in [0.25, 0.3) is 11.2 Å². The minimum Gasteiger partial charge on any atom is -0.312 e. The predicted octanol–water partition coefficient (Wildman–Crippen LogP) is 4.18. The number of nitrogens with zero attached hydrogens (tertiary/aromatic N) is 4. The summed E-state index contributed by atoms with van der Waals surface area (Å²) >= 11 is 6.03. The van der Waals surface area contributed by atoms with Gasteiger partial charge in [0.15, 0.2) is 5.65 Å². The molecule has 0 saturated heterocycles. The van der Waals surface area contributed by atoms with Gasteiger partial charge in [0.1, 0.15) is 11.3 Å². The Morgan fingerprint density at radius 3 is 2.50 bits per heavy atom. The van der Waals surface area contributed by atoms with Crippen LogP contribution in [0.3, 0.4) is 0 Å². The molecule has 0 aliphatic heterocycles. The third-order valence-electron chi connectivity index (χ3n) is 3.82. The van der Waals surface area contributed by atoms with Gasteiger partial charge in [0.25, 0.3) is 0 Å². The SMILES string of the molecule is CCCCCCCCn1c(CCl)nc2c(C)nn(C)c21. The summed E-state index contributed by atoms with van der Waals surface area (Å²) in [5, 5.41) is 4.45. The van der Waals surface area contributed by atoms with Gasteiger partial charge >= 0.3 is 0 Å². The van der Waals surface area contributed by atoms with E-state index in [1.807, 2.05) is 18.7 Å². The Hall–Kier alpha value is -1.03. The molecule has 2 heterocycles. The Kier molecular flexibility index (Phi) is 5.46. The van der Waals surface area contributed by atoms with Crippen molar-refractivity contribution in [2.75, 3.05) is 0 Å². The molecule has 0 atom stereocenters. The molecule has 0 aliphatic rings. The van der Waals surface area contributed by atoms with Crippen molar-refractivity contribution in [2.45, 2.75) is 64.8 Å². The number of halogens is 1. The first-order valence-electron chi connectivity index (χ1n) is 7.63. The van der Waals surface area contributed by atoms with Crippen LogP contribution in [0.1, 0.15) is 57.0 Å². The lowest BCUT2D eigenvalue weighted by molar-refractivity contribution is 0.550. The summed E-state index contributed by atoms with van der Waals surface area (Å²) < 4.78 is 4.16. The molecule has 2 rings (SSSR count). The van der Waals surface area contributed by atoms with Crippen molar-refractivity contribution >= 4 is 22.8 Å². The molecule has 0 bridgehead atoms. The van der Waals surface area contributed by atoms with E-state index < -0.39 is 0 Å². The highest BCUT2D eigenvalue weighted by atomic mass is 35.5. The molecule has 2 aromatic heterocycles. The quantitative estimate of drug-likeness (QED) is 0.541. The Morgan fingerprint density at radius 1 is 1.10 bits per heavy atom. The van der Waals surface area contributed by atoms with Gasteiger partial charge in [0.2, 0.25) is 0 Å². The standard InChI is InChI=1S/C15H25ClN4/c1-4-5-6-7-8-9-10-20-13(11-16)17-14-12(2)18-19(3)15(14)20/h4-11H2,1-3H3. The normalized spacial score (nSPS) is 11.6. The fourth-order valence-corrected chi connectivity index (χ4v) is 2.97. The van der Waals surface area contributed by atoms with Crippen molar-refractivity contribution in [3.05, 3.63) is 11.5 Å². The first-order valence-corrected chi connectivity index (χ1v) is 8.17. The third kappa shape index (κ3) is 3.17. The number of imidazole rings is 1. The van der Waals surface area contributed by atoms with Crippen LogP contribution >= 0.6 is 11.6 Å². The topological polar surface area (TPSA) is 35.6 Å². The number of hydrogen-bond acceptors (Lipinski definition) is 2. The first-order chi connectivity index (χ1) is 9.69. The van der Waals surface area contributed by atoms with E-state index >= 15 is 0 Å². The van der Waals surface area contributed by atoms with E-state index in [-0.39, 0.29) is 0 Å². The van der Waals surface area contributed by atoms with Gasteiger partial charge in [-0.2, -0.15) is 5.10 Å². The minimum absolute atomic E-state index is 0.462. The van der Waals surface area contributed by atoms with Crippen molar-refractivity contribution in [1.29, 1.82) is 0 Å². The molecule has 0 N–H and O–H groups in total. The van der Waals surface area contributed by atoms with Gasteiger partial charge in [-0.3, -0.25) is 4.68 Å². The molecule has 0 unspecified atom stereocenters. The van der Waals surface area contributed by atoms with Crippen LogP contribution in [0, 0.1) is 6.92 Å². The van der Waals surface area contributed by atoms with E-state index in [2.05, 4.69) is 21.6 Å². The molecular weight excluding hydrogens is 272 g/mol. The monoisotopic (exact) mass is 296 g/mol.